The van der Waals surface area contributed by atoms with Crippen LogP contribution in [-0.4, -0.2) is 13.0 Å². The van der Waals surface area contributed by atoms with Crippen molar-refractivity contribution in [2.75, 3.05) is 11.9 Å². The van der Waals surface area contributed by atoms with E-state index < -0.39 is 0 Å². The van der Waals surface area contributed by atoms with E-state index in [-0.39, 0.29) is 0 Å². The van der Waals surface area contributed by atoms with Crippen molar-refractivity contribution in [1.82, 2.24) is 0 Å². The summed E-state index contributed by atoms with van der Waals surface area (Å²) in [5.74, 6) is 0.720. The number of rotatable bonds is 7. The van der Waals surface area contributed by atoms with Gasteiger partial charge in [-0.25, -0.2) is 0 Å². The molecule has 0 heterocycles. The van der Waals surface area contributed by atoms with Crippen molar-refractivity contribution in [1.29, 1.82) is 0 Å². The number of nitrogens with two attached hydrogens (primary N) is 1. The van der Waals surface area contributed by atoms with E-state index in [0.717, 1.165) is 24.6 Å². The van der Waals surface area contributed by atoms with Gasteiger partial charge in [0, 0.05) is 5.69 Å². The summed E-state index contributed by atoms with van der Waals surface area (Å²) in [6, 6.07) is 7.99. The maximum atomic E-state index is 10.2. The molecule has 0 aliphatic rings. The van der Waals surface area contributed by atoms with E-state index in [9.17, 15) is 4.79 Å². The van der Waals surface area contributed by atoms with E-state index in [1.165, 1.54) is 24.8 Å². The Labute approximate surface area is 117 Å². The lowest BCUT2D eigenvalue weighted by atomic mass is 10.0. The first kappa shape index (κ1) is 17.6. The molecular formula is C16H28N2O. The Kier molecular flexibility index (Phi) is 10.9. The maximum Gasteiger partial charge on any atom is 0.211 e. The first-order valence-corrected chi connectivity index (χ1v) is 7.13. The molecule has 0 unspecified atom stereocenters. The lowest BCUT2D eigenvalue weighted by molar-refractivity contribution is -0.105. The van der Waals surface area contributed by atoms with Crippen molar-refractivity contribution >= 4 is 12.1 Å². The SMILES string of the molecule is CC(C)CCc1cccc(NC=O)c1.CCCCN. The molecule has 3 heteroatoms. The topological polar surface area (TPSA) is 55.1 Å². The Morgan fingerprint density at radius 3 is 2.58 bits per heavy atom. The molecule has 0 aliphatic carbocycles. The van der Waals surface area contributed by atoms with Crippen LogP contribution in [0, 0.1) is 5.92 Å². The van der Waals surface area contributed by atoms with E-state index in [0.29, 0.717) is 6.41 Å². The zero-order chi connectivity index (χ0) is 14.5. The average Bonchev–Trinajstić information content (AvgIpc) is 2.39. The summed E-state index contributed by atoms with van der Waals surface area (Å²) in [6.07, 6.45) is 5.36. The summed E-state index contributed by atoms with van der Waals surface area (Å²) >= 11 is 0. The molecule has 0 radical (unpaired) electrons. The third-order valence-electron chi connectivity index (χ3n) is 2.72. The van der Waals surface area contributed by atoms with E-state index >= 15 is 0 Å². The minimum Gasteiger partial charge on any atom is -0.330 e. The van der Waals surface area contributed by atoms with Crippen LogP contribution in [-0.2, 0) is 11.2 Å². The number of amides is 1. The smallest absolute Gasteiger partial charge is 0.211 e. The monoisotopic (exact) mass is 264 g/mol. The third kappa shape index (κ3) is 10.3. The zero-order valence-electron chi connectivity index (χ0n) is 12.5. The maximum absolute atomic E-state index is 10.2. The molecule has 0 fully saturated rings. The quantitative estimate of drug-likeness (QED) is 0.739. The Bertz CT molecular complexity index is 335. The number of nitrogens with one attached hydrogen (secondary N) is 1. The van der Waals surface area contributed by atoms with Gasteiger partial charge in [-0.2, -0.15) is 0 Å². The van der Waals surface area contributed by atoms with Crippen molar-refractivity contribution in [3.63, 3.8) is 0 Å². The van der Waals surface area contributed by atoms with Crippen LogP contribution in [0.5, 0.6) is 0 Å². The molecule has 19 heavy (non-hydrogen) atoms. The Morgan fingerprint density at radius 1 is 1.37 bits per heavy atom. The fourth-order valence-corrected chi connectivity index (χ4v) is 1.54. The second-order valence-corrected chi connectivity index (χ2v) is 5.04. The summed E-state index contributed by atoms with van der Waals surface area (Å²) in [7, 11) is 0. The van der Waals surface area contributed by atoms with Crippen LogP contribution < -0.4 is 11.1 Å². The molecule has 0 atom stereocenters. The van der Waals surface area contributed by atoms with Gasteiger partial charge < -0.3 is 11.1 Å². The number of anilines is 1. The first-order chi connectivity index (χ1) is 9.13. The van der Waals surface area contributed by atoms with Gasteiger partial charge in [-0.1, -0.05) is 39.3 Å². The van der Waals surface area contributed by atoms with Crippen molar-refractivity contribution in [2.45, 2.75) is 46.5 Å². The molecule has 108 valence electrons. The molecule has 0 spiro atoms. The van der Waals surface area contributed by atoms with E-state index in [1.54, 1.807) is 0 Å². The van der Waals surface area contributed by atoms with Gasteiger partial charge in [0.25, 0.3) is 0 Å². The molecule has 1 aromatic carbocycles. The van der Waals surface area contributed by atoms with Crippen LogP contribution in [0.15, 0.2) is 24.3 Å². The molecule has 0 aromatic heterocycles. The lowest BCUT2D eigenvalue weighted by Gasteiger charge is -2.06. The van der Waals surface area contributed by atoms with Gasteiger partial charge in [0.15, 0.2) is 0 Å². The van der Waals surface area contributed by atoms with E-state index in [4.69, 9.17) is 5.73 Å². The molecule has 0 aliphatic heterocycles. The summed E-state index contributed by atoms with van der Waals surface area (Å²) in [6.45, 7) is 7.41. The normalized spacial score (nSPS) is 9.74. The number of carbonyl (C=O) groups is 1. The molecule has 0 saturated carbocycles. The van der Waals surface area contributed by atoms with Gasteiger partial charge in [-0.3, -0.25) is 4.79 Å². The van der Waals surface area contributed by atoms with E-state index in [2.05, 4.69) is 32.2 Å². The zero-order valence-corrected chi connectivity index (χ0v) is 12.5. The molecule has 0 saturated heterocycles. The Morgan fingerprint density at radius 2 is 2.11 bits per heavy atom. The van der Waals surface area contributed by atoms with Gasteiger partial charge in [0.1, 0.15) is 0 Å². The molecule has 1 aromatic rings. The fraction of sp³-hybridized carbons (Fsp3) is 0.562. The molecule has 3 nitrogen and oxygen atoms in total. The number of benzene rings is 1. The van der Waals surface area contributed by atoms with Crippen LogP contribution in [0.1, 0.15) is 45.6 Å². The van der Waals surface area contributed by atoms with Crippen LogP contribution in [0.4, 0.5) is 5.69 Å². The predicted molar refractivity (Wildman–Crippen MR) is 83.3 cm³/mol. The highest BCUT2D eigenvalue weighted by Crippen LogP contribution is 2.13. The molecule has 1 amide bonds. The second-order valence-electron chi connectivity index (χ2n) is 5.04. The van der Waals surface area contributed by atoms with Gasteiger partial charge >= 0.3 is 0 Å². The van der Waals surface area contributed by atoms with Crippen molar-refractivity contribution in [3.8, 4) is 0 Å². The highest BCUT2D eigenvalue weighted by atomic mass is 16.1. The van der Waals surface area contributed by atoms with Crippen LogP contribution in [0.3, 0.4) is 0 Å². The van der Waals surface area contributed by atoms with Crippen LogP contribution >= 0.6 is 0 Å². The van der Waals surface area contributed by atoms with E-state index in [1.807, 2.05) is 18.2 Å². The van der Waals surface area contributed by atoms with Gasteiger partial charge in [0.2, 0.25) is 6.41 Å². The number of hydrogen-bond donors (Lipinski definition) is 2. The van der Waals surface area contributed by atoms with Crippen LogP contribution in [0.25, 0.3) is 0 Å². The van der Waals surface area contributed by atoms with Gasteiger partial charge in [-0.15, -0.1) is 0 Å². The minimum atomic E-state index is 0.710. The van der Waals surface area contributed by atoms with Crippen LogP contribution in [0.2, 0.25) is 0 Å². The van der Waals surface area contributed by atoms with Crippen molar-refractivity contribution in [2.24, 2.45) is 11.7 Å². The van der Waals surface area contributed by atoms with Gasteiger partial charge in [0.05, 0.1) is 0 Å². The Hall–Kier alpha value is -1.35. The molecule has 3 N–H and O–H groups in total. The highest BCUT2D eigenvalue weighted by Gasteiger charge is 1.97. The first-order valence-electron chi connectivity index (χ1n) is 7.13. The summed E-state index contributed by atoms with van der Waals surface area (Å²) in [4.78, 5) is 10.2. The third-order valence-corrected chi connectivity index (χ3v) is 2.72. The second kappa shape index (κ2) is 11.7. The Balaban J connectivity index is 0.000000555. The standard InChI is InChI=1S/C12H17NO.C4H11N/c1-10(2)6-7-11-4-3-5-12(8-11)13-9-14;1-2-3-4-5/h3-5,8-10H,6-7H2,1-2H3,(H,13,14);2-5H2,1H3. The summed E-state index contributed by atoms with van der Waals surface area (Å²) < 4.78 is 0. The van der Waals surface area contributed by atoms with Crippen molar-refractivity contribution in [3.05, 3.63) is 29.8 Å². The number of unbranched alkanes of at least 4 members (excludes halogenated alkanes) is 1. The van der Waals surface area contributed by atoms with Crippen molar-refractivity contribution < 1.29 is 4.79 Å². The number of hydrogen-bond acceptors (Lipinski definition) is 2. The highest BCUT2D eigenvalue weighted by molar-refractivity contribution is 5.71. The largest absolute Gasteiger partial charge is 0.330 e. The van der Waals surface area contributed by atoms with Gasteiger partial charge in [-0.05, 0) is 49.4 Å². The fourth-order valence-electron chi connectivity index (χ4n) is 1.54. The molecule has 1 rings (SSSR count). The molecular weight excluding hydrogens is 236 g/mol. The lowest BCUT2D eigenvalue weighted by Crippen LogP contribution is -1.96. The predicted octanol–water partition coefficient (Wildman–Crippen LogP) is 3.59. The minimum absolute atomic E-state index is 0.710. The average molecular weight is 264 g/mol. The molecule has 0 bridgehead atoms. The number of carbonyl (C=O) groups excluding carboxylic acids is 1. The summed E-state index contributed by atoms with van der Waals surface area (Å²) in [5, 5.41) is 2.65. The summed E-state index contributed by atoms with van der Waals surface area (Å²) in [5.41, 5.74) is 7.30. The number of aryl methyl sites for hydroxylation is 1.